The van der Waals surface area contributed by atoms with Gasteiger partial charge in [0.1, 0.15) is 17.3 Å². The second-order valence-electron chi connectivity index (χ2n) is 13.3. The van der Waals surface area contributed by atoms with Crippen LogP contribution in [0.15, 0.2) is 70.0 Å². The third kappa shape index (κ3) is 12.0. The highest BCUT2D eigenvalue weighted by Gasteiger charge is 2.40. The number of hydrogen-bond acceptors (Lipinski definition) is 12. The van der Waals surface area contributed by atoms with Crippen molar-refractivity contribution >= 4 is 47.2 Å². The van der Waals surface area contributed by atoms with Crippen molar-refractivity contribution in [2.24, 2.45) is 17.6 Å². The molecule has 7 N–H and O–H groups in total. The fourth-order valence-electron chi connectivity index (χ4n) is 5.89. The highest BCUT2D eigenvalue weighted by molar-refractivity contribution is 8.04. The Kier molecular flexibility index (Phi) is 16.9. The second kappa shape index (κ2) is 20.1. The van der Waals surface area contributed by atoms with Crippen LogP contribution in [-0.4, -0.2) is 102 Å². The summed E-state index contributed by atoms with van der Waals surface area (Å²) in [6, 6.07) is 0. The van der Waals surface area contributed by atoms with Crippen LogP contribution in [0.25, 0.3) is 0 Å². The van der Waals surface area contributed by atoms with Gasteiger partial charge < -0.3 is 46.1 Å². The van der Waals surface area contributed by atoms with E-state index in [1.165, 1.54) is 52.4 Å². The number of nitrogens with two attached hydrogens (primary N) is 1. The molecule has 0 spiro atoms. The fourth-order valence-corrected chi connectivity index (χ4v) is 7.04. The van der Waals surface area contributed by atoms with Crippen LogP contribution in [0.3, 0.4) is 0 Å². The Labute approximate surface area is 314 Å². The molecule has 2 aliphatic rings. The van der Waals surface area contributed by atoms with Gasteiger partial charge in [0.05, 0.1) is 22.8 Å². The SMILES string of the molecule is C=CCNC1=C2C[C@@H](C)C[C@H](OC)[C@H](O)[C@@H](C)C=C(C)[C@H](OC(N)=O)[C@@H](OC)C=CC=C(C)C(=O)NC(=C(SC[C@](C)(NC(C)=O)C(=O)O)C1=O)C2=O. The molecule has 0 saturated carbocycles. The molecule has 0 aromatic carbocycles. The molecular weight excluding hydrogens is 708 g/mol. The van der Waals surface area contributed by atoms with Gasteiger partial charge in [-0.05, 0) is 45.1 Å². The van der Waals surface area contributed by atoms with E-state index < -0.39 is 71.3 Å². The number of carboxylic acid groups (broad SMARTS) is 1. The summed E-state index contributed by atoms with van der Waals surface area (Å²) in [5.74, 6) is -5.35. The number of amides is 3. The highest BCUT2D eigenvalue weighted by Crippen LogP contribution is 2.36. The zero-order chi connectivity index (χ0) is 40.2. The van der Waals surface area contributed by atoms with E-state index in [4.69, 9.17) is 19.9 Å². The number of allylic oxidation sites excluding steroid dienone is 4. The second-order valence-corrected chi connectivity index (χ2v) is 14.3. The Hall–Kier alpha value is -4.51. The Balaban J connectivity index is 2.83. The van der Waals surface area contributed by atoms with Crippen LogP contribution in [0.1, 0.15) is 54.4 Å². The number of nitrogens with one attached hydrogen (secondary N) is 3. The number of carboxylic acids is 1. The van der Waals surface area contributed by atoms with E-state index in [1.807, 2.05) is 6.92 Å². The first kappa shape index (κ1) is 44.7. The number of carbonyl (C=O) groups excluding carboxylic acids is 5. The van der Waals surface area contributed by atoms with Gasteiger partial charge in [-0.15, -0.1) is 18.3 Å². The minimum Gasteiger partial charge on any atom is -0.479 e. The van der Waals surface area contributed by atoms with Gasteiger partial charge >= 0.3 is 12.1 Å². The number of Topliss-reactive ketones (excluding diaryl/α,β-unsaturated/α-hetero) is 2. The van der Waals surface area contributed by atoms with Gasteiger partial charge in [-0.25, -0.2) is 9.59 Å². The van der Waals surface area contributed by atoms with Crippen LogP contribution in [0.5, 0.6) is 0 Å². The number of aliphatic hydroxyl groups is 1. The number of ether oxygens (including phenoxy) is 3. The number of methoxy groups -OCH3 is 2. The van der Waals surface area contributed by atoms with E-state index in [9.17, 15) is 39.0 Å². The molecule has 0 unspecified atom stereocenters. The minimum atomic E-state index is -1.84. The topological polar surface area (TPSA) is 233 Å². The Morgan fingerprint density at radius 2 is 1.81 bits per heavy atom. The number of aliphatic hydroxyl groups excluding tert-OH is 1. The Morgan fingerprint density at radius 3 is 2.36 bits per heavy atom. The van der Waals surface area contributed by atoms with Crippen LogP contribution in [-0.2, 0) is 38.2 Å². The third-order valence-corrected chi connectivity index (χ3v) is 10.2. The molecule has 1 aliphatic heterocycles. The van der Waals surface area contributed by atoms with Crippen molar-refractivity contribution in [2.75, 3.05) is 26.5 Å². The molecule has 0 radical (unpaired) electrons. The number of hydrogen-bond donors (Lipinski definition) is 6. The summed E-state index contributed by atoms with van der Waals surface area (Å²) in [5.41, 5.74) is 3.83. The lowest BCUT2D eigenvalue weighted by Gasteiger charge is -2.31. The lowest BCUT2D eigenvalue weighted by Crippen LogP contribution is -2.53. The molecule has 0 aromatic heterocycles. The molecule has 16 heteroatoms. The molecule has 2 bridgehead atoms. The van der Waals surface area contributed by atoms with E-state index >= 15 is 0 Å². The summed E-state index contributed by atoms with van der Waals surface area (Å²) in [7, 11) is 2.83. The predicted octanol–water partition coefficient (Wildman–Crippen LogP) is 2.58. The normalized spacial score (nSPS) is 26.2. The van der Waals surface area contributed by atoms with Gasteiger partial charge in [-0.2, -0.15) is 0 Å². The van der Waals surface area contributed by atoms with E-state index in [0.29, 0.717) is 17.3 Å². The lowest BCUT2D eigenvalue weighted by atomic mass is 9.85. The molecule has 0 saturated heterocycles. The van der Waals surface area contributed by atoms with Crippen LogP contribution in [0, 0.1) is 11.8 Å². The van der Waals surface area contributed by atoms with Gasteiger partial charge in [0, 0.05) is 50.5 Å². The number of carbonyl (C=O) groups is 6. The first-order valence-corrected chi connectivity index (χ1v) is 17.9. The van der Waals surface area contributed by atoms with E-state index in [0.717, 1.165) is 6.92 Å². The number of ketones is 2. The maximum absolute atomic E-state index is 14.4. The van der Waals surface area contributed by atoms with Crippen molar-refractivity contribution in [3.8, 4) is 0 Å². The molecule has 0 aromatic rings. The predicted molar refractivity (Wildman–Crippen MR) is 199 cm³/mol. The van der Waals surface area contributed by atoms with Crippen LogP contribution in [0.2, 0.25) is 0 Å². The minimum absolute atomic E-state index is 0.0253. The van der Waals surface area contributed by atoms with Crippen LogP contribution in [0.4, 0.5) is 4.79 Å². The first-order chi connectivity index (χ1) is 24.8. The lowest BCUT2D eigenvalue weighted by molar-refractivity contribution is -0.145. The van der Waals surface area contributed by atoms with E-state index in [1.54, 1.807) is 19.9 Å². The number of aliphatic carboxylic acids is 1. The average Bonchev–Trinajstić information content (AvgIpc) is 3.08. The molecule has 53 heavy (non-hydrogen) atoms. The van der Waals surface area contributed by atoms with Crippen molar-refractivity contribution in [1.29, 1.82) is 0 Å². The van der Waals surface area contributed by atoms with Crippen molar-refractivity contribution < 1.29 is 53.2 Å². The molecule has 2 rings (SSSR count). The number of primary amides is 1. The van der Waals surface area contributed by atoms with Gasteiger partial charge in [0.15, 0.2) is 6.10 Å². The smallest absolute Gasteiger partial charge is 0.405 e. The number of thioether (sulfide) groups is 1. The molecule has 0 fully saturated rings. The van der Waals surface area contributed by atoms with E-state index in [2.05, 4.69) is 22.5 Å². The first-order valence-electron chi connectivity index (χ1n) is 16.9. The van der Waals surface area contributed by atoms with Crippen molar-refractivity contribution in [3.63, 3.8) is 0 Å². The Morgan fingerprint density at radius 1 is 1.15 bits per heavy atom. The maximum atomic E-state index is 14.4. The molecule has 3 amide bonds. The quantitative estimate of drug-likeness (QED) is 0.132. The number of rotatable bonds is 11. The van der Waals surface area contributed by atoms with Crippen molar-refractivity contribution in [2.45, 2.75) is 84.3 Å². The third-order valence-electron chi connectivity index (χ3n) is 8.76. The molecule has 15 nitrogen and oxygen atoms in total. The van der Waals surface area contributed by atoms with E-state index in [-0.39, 0.29) is 58.5 Å². The van der Waals surface area contributed by atoms with Crippen LogP contribution >= 0.6 is 11.8 Å². The Bertz CT molecular complexity index is 1610. The van der Waals surface area contributed by atoms with Crippen LogP contribution < -0.4 is 21.7 Å². The number of fused-ring (bicyclic) bond motifs is 2. The van der Waals surface area contributed by atoms with Gasteiger partial charge in [0.25, 0.3) is 5.91 Å². The zero-order valence-electron chi connectivity index (χ0n) is 31.4. The fraction of sp³-hybridized carbons (Fsp3) is 0.514. The summed E-state index contributed by atoms with van der Waals surface area (Å²) in [4.78, 5) is 78.0. The highest BCUT2D eigenvalue weighted by atomic mass is 32.2. The van der Waals surface area contributed by atoms with Gasteiger partial charge in [-0.1, -0.05) is 44.2 Å². The summed E-state index contributed by atoms with van der Waals surface area (Å²) >= 11 is 0.706. The molecule has 1 heterocycles. The molecule has 7 atom stereocenters. The average molecular weight is 761 g/mol. The van der Waals surface area contributed by atoms with Gasteiger partial charge in [0.2, 0.25) is 17.5 Å². The monoisotopic (exact) mass is 760 g/mol. The summed E-state index contributed by atoms with van der Waals surface area (Å²) in [5, 5.41) is 29.3. The summed E-state index contributed by atoms with van der Waals surface area (Å²) < 4.78 is 16.7. The molecule has 1 aliphatic carbocycles. The van der Waals surface area contributed by atoms with Gasteiger partial charge in [-0.3, -0.25) is 19.2 Å². The van der Waals surface area contributed by atoms with Crippen molar-refractivity contribution in [3.05, 3.63) is 70.0 Å². The summed E-state index contributed by atoms with van der Waals surface area (Å²) in [6.45, 7) is 12.9. The summed E-state index contributed by atoms with van der Waals surface area (Å²) in [6.07, 6.45) is 3.18. The maximum Gasteiger partial charge on any atom is 0.405 e. The van der Waals surface area contributed by atoms with Crippen molar-refractivity contribution in [1.82, 2.24) is 16.0 Å². The molecule has 292 valence electrons. The zero-order valence-corrected chi connectivity index (χ0v) is 32.3. The molecular formula is C37H52N4O11S. The largest absolute Gasteiger partial charge is 0.479 e. The standard InChI is InChI=1S/C37H52N4O11S/c1-10-14-39-27-24-15-19(2)16-26(51-9)29(43)21(4)17-22(5)32(52-36(38)49)25(50-8)13-11-12-20(3)34(46)40-28(30(24)44)33(31(27)45)53-18-37(7,35(47)48)41-23(6)42/h10-13,17,19,21,25-26,29,32,39,43H,1,14-16,18H2,2-9H3,(H2,38,49)(H,40,46)(H,41,42)(H,47,48)/t19-,21+,25+,26+,29-,32+,37+/m1/s1.